The molecule has 0 spiro atoms. The Morgan fingerprint density at radius 1 is 1.29 bits per heavy atom. The van der Waals surface area contributed by atoms with Gasteiger partial charge in [-0.15, -0.1) is 0 Å². The van der Waals surface area contributed by atoms with Crippen molar-refractivity contribution in [3.63, 3.8) is 0 Å². The summed E-state index contributed by atoms with van der Waals surface area (Å²) in [6.07, 6.45) is -0.849. The highest BCUT2D eigenvalue weighted by Crippen LogP contribution is 2.23. The van der Waals surface area contributed by atoms with Crippen molar-refractivity contribution in [1.29, 1.82) is 0 Å². The summed E-state index contributed by atoms with van der Waals surface area (Å²) in [5.74, 6) is -0.539. The summed E-state index contributed by atoms with van der Waals surface area (Å²) in [5, 5.41) is 2.47. The van der Waals surface area contributed by atoms with Gasteiger partial charge in [-0.1, -0.05) is 12.1 Å². The van der Waals surface area contributed by atoms with Crippen LogP contribution in [0.2, 0.25) is 0 Å². The van der Waals surface area contributed by atoms with Crippen molar-refractivity contribution >= 4 is 12.1 Å². The standard InChI is InChI=1S/C22H33NO8/c1-21(2,3)31-20(25)23-18(19(24)26-6)14-27-11-15-8-7-9-16(10-15)28-12-17-13-29-22(4,5)30-17/h7-10,17-18H,11-14H2,1-6H3,(H,23,25)/t17?,18-/m1/s1. The first-order chi connectivity index (χ1) is 14.5. The highest BCUT2D eigenvalue weighted by atomic mass is 16.7. The van der Waals surface area contributed by atoms with Crippen molar-refractivity contribution in [3.8, 4) is 5.75 Å². The first kappa shape index (κ1) is 24.9. The number of hydrogen-bond acceptors (Lipinski definition) is 8. The number of amides is 1. The maximum Gasteiger partial charge on any atom is 0.408 e. The first-order valence-corrected chi connectivity index (χ1v) is 10.2. The molecule has 1 aromatic carbocycles. The smallest absolute Gasteiger partial charge is 0.408 e. The maximum atomic E-state index is 12.0. The zero-order valence-corrected chi connectivity index (χ0v) is 19.1. The Balaban J connectivity index is 1.83. The van der Waals surface area contributed by atoms with Gasteiger partial charge < -0.3 is 33.7 Å². The van der Waals surface area contributed by atoms with Crippen LogP contribution in [0.5, 0.6) is 5.75 Å². The lowest BCUT2D eigenvalue weighted by molar-refractivity contribution is -0.145. The van der Waals surface area contributed by atoms with Crippen molar-refractivity contribution in [1.82, 2.24) is 5.32 Å². The predicted octanol–water partition coefficient (Wildman–Crippen LogP) is 2.80. The SMILES string of the molecule is COC(=O)[C@@H](COCc1cccc(OCC2COC(C)(C)O2)c1)NC(=O)OC(C)(C)C. The molecule has 174 valence electrons. The molecule has 2 rings (SSSR count). The predicted molar refractivity (Wildman–Crippen MR) is 112 cm³/mol. The first-order valence-electron chi connectivity index (χ1n) is 10.2. The molecule has 9 heteroatoms. The number of carbonyl (C=O) groups excluding carboxylic acids is 2. The van der Waals surface area contributed by atoms with Crippen molar-refractivity contribution in [2.75, 3.05) is 26.9 Å². The van der Waals surface area contributed by atoms with Gasteiger partial charge in [0.05, 0.1) is 26.9 Å². The van der Waals surface area contributed by atoms with Crippen molar-refractivity contribution in [2.24, 2.45) is 0 Å². The van der Waals surface area contributed by atoms with Gasteiger partial charge in [-0.3, -0.25) is 0 Å². The highest BCUT2D eigenvalue weighted by molar-refractivity contribution is 5.81. The van der Waals surface area contributed by atoms with Gasteiger partial charge in [-0.2, -0.15) is 0 Å². The van der Waals surface area contributed by atoms with Crippen LogP contribution in [0.4, 0.5) is 4.79 Å². The second-order valence-corrected chi connectivity index (χ2v) is 8.65. The lowest BCUT2D eigenvalue weighted by Gasteiger charge is -2.22. The van der Waals surface area contributed by atoms with Crippen LogP contribution in [-0.2, 0) is 35.1 Å². The fourth-order valence-corrected chi connectivity index (χ4v) is 2.81. The quantitative estimate of drug-likeness (QED) is 0.586. The summed E-state index contributed by atoms with van der Waals surface area (Å²) < 4.78 is 32.6. The van der Waals surface area contributed by atoms with E-state index in [1.807, 2.05) is 38.1 Å². The van der Waals surface area contributed by atoms with Gasteiger partial charge in [0, 0.05) is 0 Å². The Bertz CT molecular complexity index is 743. The van der Waals surface area contributed by atoms with Gasteiger partial charge in [0.2, 0.25) is 0 Å². The number of alkyl carbamates (subject to hydrolysis) is 1. The molecule has 1 unspecified atom stereocenters. The zero-order chi connectivity index (χ0) is 23.1. The van der Waals surface area contributed by atoms with Crippen LogP contribution in [0, 0.1) is 0 Å². The molecule has 9 nitrogen and oxygen atoms in total. The van der Waals surface area contributed by atoms with Crippen molar-refractivity contribution in [3.05, 3.63) is 29.8 Å². The number of benzene rings is 1. The van der Waals surface area contributed by atoms with Crippen LogP contribution >= 0.6 is 0 Å². The van der Waals surface area contributed by atoms with Crippen molar-refractivity contribution in [2.45, 2.75) is 64.8 Å². The molecule has 1 saturated heterocycles. The summed E-state index contributed by atoms with van der Waals surface area (Å²) in [6.45, 7) is 9.94. The van der Waals surface area contributed by atoms with E-state index >= 15 is 0 Å². The minimum absolute atomic E-state index is 0.0701. The van der Waals surface area contributed by atoms with E-state index in [0.29, 0.717) is 19.0 Å². The van der Waals surface area contributed by atoms with Gasteiger partial charge in [0.25, 0.3) is 0 Å². The van der Waals surface area contributed by atoms with E-state index in [4.69, 9.17) is 28.4 Å². The Morgan fingerprint density at radius 2 is 2.03 bits per heavy atom. The monoisotopic (exact) mass is 439 g/mol. The van der Waals surface area contributed by atoms with Crippen LogP contribution in [0.1, 0.15) is 40.2 Å². The average molecular weight is 440 g/mol. The third kappa shape index (κ3) is 9.12. The summed E-state index contributed by atoms with van der Waals surface area (Å²) in [7, 11) is 1.24. The molecule has 1 heterocycles. The Hall–Kier alpha value is -2.36. The van der Waals surface area contributed by atoms with Gasteiger partial charge >= 0.3 is 12.1 Å². The third-order valence-corrected chi connectivity index (χ3v) is 4.13. The van der Waals surface area contributed by atoms with Gasteiger partial charge in [0.1, 0.15) is 24.1 Å². The molecule has 1 fully saturated rings. The minimum Gasteiger partial charge on any atom is -0.491 e. The molecule has 0 saturated carbocycles. The molecule has 2 atom stereocenters. The number of methoxy groups -OCH3 is 1. The van der Waals surface area contributed by atoms with E-state index in [2.05, 4.69) is 5.32 Å². The van der Waals surface area contributed by atoms with E-state index in [0.717, 1.165) is 5.56 Å². The summed E-state index contributed by atoms with van der Waals surface area (Å²) in [5.41, 5.74) is 0.166. The van der Waals surface area contributed by atoms with E-state index in [1.165, 1.54) is 7.11 Å². The van der Waals surface area contributed by atoms with Crippen LogP contribution in [0.3, 0.4) is 0 Å². The molecule has 0 bridgehead atoms. The normalized spacial score (nSPS) is 18.8. The van der Waals surface area contributed by atoms with Gasteiger partial charge in [0.15, 0.2) is 11.8 Å². The lowest BCUT2D eigenvalue weighted by Crippen LogP contribution is -2.46. The third-order valence-electron chi connectivity index (χ3n) is 4.13. The highest BCUT2D eigenvalue weighted by Gasteiger charge is 2.33. The van der Waals surface area contributed by atoms with Crippen LogP contribution < -0.4 is 10.1 Å². The fraction of sp³-hybridized carbons (Fsp3) is 0.636. The van der Waals surface area contributed by atoms with Crippen LogP contribution in [0.25, 0.3) is 0 Å². The Morgan fingerprint density at radius 3 is 2.65 bits per heavy atom. The van der Waals surface area contributed by atoms with Crippen LogP contribution in [0.15, 0.2) is 24.3 Å². The zero-order valence-electron chi connectivity index (χ0n) is 19.1. The molecular weight excluding hydrogens is 406 g/mol. The van der Waals surface area contributed by atoms with Gasteiger partial charge in [-0.05, 0) is 52.3 Å². The van der Waals surface area contributed by atoms with E-state index in [-0.39, 0.29) is 19.3 Å². The number of esters is 1. The molecule has 1 aliphatic heterocycles. The fourth-order valence-electron chi connectivity index (χ4n) is 2.81. The number of nitrogens with one attached hydrogen (secondary N) is 1. The molecule has 1 aromatic rings. The lowest BCUT2D eigenvalue weighted by atomic mass is 10.2. The number of rotatable bonds is 9. The van der Waals surface area contributed by atoms with E-state index in [1.54, 1.807) is 20.8 Å². The molecule has 31 heavy (non-hydrogen) atoms. The van der Waals surface area contributed by atoms with Gasteiger partial charge in [-0.25, -0.2) is 9.59 Å². The number of hydrogen-bond donors (Lipinski definition) is 1. The van der Waals surface area contributed by atoms with E-state index in [9.17, 15) is 9.59 Å². The molecule has 0 radical (unpaired) electrons. The second-order valence-electron chi connectivity index (χ2n) is 8.65. The minimum atomic E-state index is -0.984. The second kappa shape index (κ2) is 10.8. The molecular formula is C22H33NO8. The topological polar surface area (TPSA) is 102 Å². The molecule has 1 N–H and O–H groups in total. The molecule has 1 aliphatic rings. The Kier molecular flexibility index (Phi) is 8.67. The molecule has 0 aromatic heterocycles. The summed E-state index contributed by atoms with van der Waals surface area (Å²) in [4.78, 5) is 23.9. The summed E-state index contributed by atoms with van der Waals surface area (Å²) >= 11 is 0. The van der Waals surface area contributed by atoms with Crippen molar-refractivity contribution < 1.29 is 38.0 Å². The largest absolute Gasteiger partial charge is 0.491 e. The van der Waals surface area contributed by atoms with Crippen LogP contribution in [-0.4, -0.2) is 62.5 Å². The van der Waals surface area contributed by atoms with E-state index < -0.39 is 29.5 Å². The maximum absolute atomic E-state index is 12.0. The summed E-state index contributed by atoms with van der Waals surface area (Å²) in [6, 6.07) is 6.42. The number of ether oxygens (including phenoxy) is 6. The number of carbonyl (C=O) groups is 2. The average Bonchev–Trinajstić information content (AvgIpc) is 3.02. The molecule has 1 amide bonds. The Labute approximate surface area is 183 Å². The molecule has 0 aliphatic carbocycles.